The smallest absolute Gasteiger partial charge is 0.315 e. The minimum Gasteiger partial charge on any atom is -0.383 e. The van der Waals surface area contributed by atoms with E-state index < -0.39 is 5.60 Å². The Morgan fingerprint density at radius 3 is 2.78 bits per heavy atom. The Balaban J connectivity index is 1.71. The van der Waals surface area contributed by atoms with Gasteiger partial charge in [0, 0.05) is 30.6 Å². The van der Waals surface area contributed by atoms with Crippen LogP contribution in [0.5, 0.6) is 0 Å². The number of amides is 2. The summed E-state index contributed by atoms with van der Waals surface area (Å²) in [6.45, 7) is 10.8. The van der Waals surface area contributed by atoms with Crippen LogP contribution in [-0.2, 0) is 5.60 Å². The van der Waals surface area contributed by atoms with Crippen molar-refractivity contribution in [3.05, 3.63) is 34.5 Å². The first-order valence-corrected chi connectivity index (χ1v) is 8.92. The van der Waals surface area contributed by atoms with Crippen molar-refractivity contribution in [3.63, 3.8) is 0 Å². The highest BCUT2D eigenvalue weighted by Gasteiger charge is 2.26. The van der Waals surface area contributed by atoms with Gasteiger partial charge in [0.05, 0.1) is 6.54 Å². The molecule has 0 spiro atoms. The van der Waals surface area contributed by atoms with Gasteiger partial charge in [-0.15, -0.1) is 11.3 Å². The van der Waals surface area contributed by atoms with Gasteiger partial charge in [-0.3, -0.25) is 4.90 Å². The molecule has 128 valence electrons. The molecule has 0 saturated carbocycles. The van der Waals surface area contributed by atoms with Crippen LogP contribution in [0.3, 0.4) is 0 Å². The minimum atomic E-state index is -1.03. The summed E-state index contributed by atoms with van der Waals surface area (Å²) < 4.78 is 0. The fraction of sp³-hybridized carbons (Fsp3) is 0.588. The predicted molar refractivity (Wildman–Crippen MR) is 94.7 cm³/mol. The van der Waals surface area contributed by atoms with Gasteiger partial charge < -0.3 is 15.7 Å². The van der Waals surface area contributed by atoms with Crippen molar-refractivity contribution >= 4 is 17.4 Å². The summed E-state index contributed by atoms with van der Waals surface area (Å²) >= 11 is 1.49. The van der Waals surface area contributed by atoms with Gasteiger partial charge in [-0.25, -0.2) is 4.79 Å². The Kier molecular flexibility index (Phi) is 6.21. The number of hydrogen-bond acceptors (Lipinski definition) is 4. The molecule has 1 aliphatic heterocycles. The van der Waals surface area contributed by atoms with E-state index in [1.165, 1.54) is 16.9 Å². The number of thiophene rings is 1. The first kappa shape index (κ1) is 18.0. The Morgan fingerprint density at radius 1 is 1.52 bits per heavy atom. The number of carbonyl (C=O) groups excluding carboxylic acids is 1. The van der Waals surface area contributed by atoms with Gasteiger partial charge in [-0.2, -0.15) is 0 Å². The van der Waals surface area contributed by atoms with Crippen LogP contribution in [0.2, 0.25) is 0 Å². The molecule has 0 aromatic carbocycles. The van der Waals surface area contributed by atoms with E-state index in [-0.39, 0.29) is 18.6 Å². The predicted octanol–water partition coefficient (Wildman–Crippen LogP) is 2.30. The number of likely N-dealkylation sites (tertiary alicyclic amines) is 1. The number of piperidine rings is 1. The molecule has 2 heterocycles. The molecule has 5 nitrogen and oxygen atoms in total. The summed E-state index contributed by atoms with van der Waals surface area (Å²) in [5.74, 6) is 0. The van der Waals surface area contributed by atoms with Gasteiger partial charge in [0.15, 0.2) is 0 Å². The van der Waals surface area contributed by atoms with Crippen LogP contribution < -0.4 is 10.6 Å². The lowest BCUT2D eigenvalue weighted by Gasteiger charge is -2.32. The summed E-state index contributed by atoms with van der Waals surface area (Å²) in [5, 5.41) is 18.1. The second-order valence-corrected chi connectivity index (χ2v) is 7.53. The van der Waals surface area contributed by atoms with Crippen molar-refractivity contribution in [3.8, 4) is 0 Å². The van der Waals surface area contributed by atoms with Crippen molar-refractivity contribution in [1.29, 1.82) is 0 Å². The zero-order chi connectivity index (χ0) is 16.9. The molecule has 2 amide bonds. The molecule has 3 N–H and O–H groups in total. The third kappa shape index (κ3) is 5.64. The molecular formula is C17H27N3O2S. The molecule has 1 fully saturated rings. The van der Waals surface area contributed by atoms with E-state index in [4.69, 9.17) is 0 Å². The number of rotatable bonds is 6. The summed E-state index contributed by atoms with van der Waals surface area (Å²) in [6, 6.07) is 3.76. The molecule has 0 radical (unpaired) electrons. The molecule has 1 atom stereocenters. The van der Waals surface area contributed by atoms with Crippen molar-refractivity contribution in [1.82, 2.24) is 15.5 Å². The average Bonchev–Trinajstić information content (AvgIpc) is 3.02. The van der Waals surface area contributed by atoms with Gasteiger partial charge in [0.2, 0.25) is 0 Å². The van der Waals surface area contributed by atoms with E-state index in [9.17, 15) is 9.90 Å². The number of carbonyl (C=O) groups is 1. The van der Waals surface area contributed by atoms with Crippen LogP contribution >= 0.6 is 11.3 Å². The Labute approximate surface area is 142 Å². The van der Waals surface area contributed by atoms with Crippen LogP contribution in [0.25, 0.3) is 0 Å². The number of urea groups is 1. The molecule has 1 unspecified atom stereocenters. The van der Waals surface area contributed by atoms with Gasteiger partial charge in [-0.05, 0) is 38.1 Å². The molecule has 6 heteroatoms. The van der Waals surface area contributed by atoms with Crippen molar-refractivity contribution in [2.24, 2.45) is 0 Å². The third-order valence-electron chi connectivity index (χ3n) is 4.06. The molecule has 1 aliphatic rings. The zero-order valence-electron chi connectivity index (χ0n) is 14.0. The number of nitrogens with zero attached hydrogens (tertiary/aromatic N) is 1. The molecule has 1 saturated heterocycles. The number of nitrogens with one attached hydrogen (secondary N) is 2. The fourth-order valence-electron chi connectivity index (χ4n) is 2.78. The Hall–Kier alpha value is -1.37. The van der Waals surface area contributed by atoms with Gasteiger partial charge >= 0.3 is 6.03 Å². The quantitative estimate of drug-likeness (QED) is 0.698. The standard InChI is InChI=1S/C17H27N3O2S/c1-13(2)11-20-8-6-14(7-9-20)19-16(21)18-12-17(3,22)15-5-4-10-23-15/h4-5,10,14,22H,1,6-9,11-12H2,2-3H3,(H2,18,19,21). The van der Waals surface area contributed by atoms with Gasteiger partial charge in [0.1, 0.15) is 5.60 Å². The maximum absolute atomic E-state index is 12.0. The van der Waals surface area contributed by atoms with Crippen molar-refractivity contribution < 1.29 is 9.90 Å². The monoisotopic (exact) mass is 337 g/mol. The summed E-state index contributed by atoms with van der Waals surface area (Å²) in [7, 11) is 0. The summed E-state index contributed by atoms with van der Waals surface area (Å²) in [6.07, 6.45) is 1.89. The SMILES string of the molecule is C=C(C)CN1CCC(NC(=O)NCC(C)(O)c2cccs2)CC1. The highest BCUT2D eigenvalue weighted by molar-refractivity contribution is 7.10. The molecule has 2 rings (SSSR count). The van der Waals surface area contributed by atoms with Crippen LogP contribution in [0.1, 0.15) is 31.6 Å². The number of aliphatic hydroxyl groups is 1. The molecule has 23 heavy (non-hydrogen) atoms. The first-order chi connectivity index (χ1) is 10.9. The van der Waals surface area contributed by atoms with E-state index in [0.717, 1.165) is 37.4 Å². The second kappa shape index (κ2) is 7.95. The molecular weight excluding hydrogens is 310 g/mol. The second-order valence-electron chi connectivity index (χ2n) is 6.59. The Morgan fingerprint density at radius 2 is 2.22 bits per heavy atom. The molecule has 0 bridgehead atoms. The van der Waals surface area contributed by atoms with E-state index in [1.807, 2.05) is 24.4 Å². The van der Waals surface area contributed by atoms with E-state index in [0.29, 0.717) is 0 Å². The maximum atomic E-state index is 12.0. The van der Waals surface area contributed by atoms with Crippen LogP contribution in [0.15, 0.2) is 29.7 Å². The maximum Gasteiger partial charge on any atom is 0.315 e. The van der Waals surface area contributed by atoms with E-state index >= 15 is 0 Å². The van der Waals surface area contributed by atoms with Crippen LogP contribution in [0.4, 0.5) is 4.79 Å². The molecule has 0 aliphatic carbocycles. The Bertz CT molecular complexity index is 520. The van der Waals surface area contributed by atoms with Crippen molar-refractivity contribution in [2.45, 2.75) is 38.3 Å². The zero-order valence-corrected chi connectivity index (χ0v) is 14.8. The largest absolute Gasteiger partial charge is 0.383 e. The minimum absolute atomic E-state index is 0.197. The molecule has 1 aromatic rings. The van der Waals surface area contributed by atoms with Crippen molar-refractivity contribution in [2.75, 3.05) is 26.2 Å². The summed E-state index contributed by atoms with van der Waals surface area (Å²) in [4.78, 5) is 15.2. The topological polar surface area (TPSA) is 64.6 Å². The first-order valence-electron chi connectivity index (χ1n) is 8.04. The van der Waals surface area contributed by atoms with E-state index in [2.05, 4.69) is 22.1 Å². The van der Waals surface area contributed by atoms with E-state index in [1.54, 1.807) is 6.92 Å². The average molecular weight is 337 g/mol. The fourth-order valence-corrected chi connectivity index (χ4v) is 3.57. The van der Waals surface area contributed by atoms with Crippen LogP contribution in [-0.4, -0.2) is 48.3 Å². The lowest BCUT2D eigenvalue weighted by atomic mass is 10.0. The van der Waals surface area contributed by atoms with Gasteiger partial charge in [0.25, 0.3) is 0 Å². The van der Waals surface area contributed by atoms with Crippen LogP contribution in [0, 0.1) is 0 Å². The van der Waals surface area contributed by atoms with Gasteiger partial charge in [-0.1, -0.05) is 18.2 Å². The highest BCUT2D eigenvalue weighted by atomic mass is 32.1. The molecule has 1 aromatic heterocycles. The summed E-state index contributed by atoms with van der Waals surface area (Å²) in [5.41, 5.74) is 0.140. The normalized spacial score (nSPS) is 19.1. The lowest BCUT2D eigenvalue weighted by molar-refractivity contribution is 0.0628. The highest BCUT2D eigenvalue weighted by Crippen LogP contribution is 2.24. The number of hydrogen-bond donors (Lipinski definition) is 3. The third-order valence-corrected chi connectivity index (χ3v) is 5.18. The lowest BCUT2D eigenvalue weighted by Crippen LogP contribution is -2.50.